The molecule has 0 aliphatic heterocycles. The molecule has 0 bridgehead atoms. The first-order chi connectivity index (χ1) is 9.95. The van der Waals surface area contributed by atoms with Crippen LogP contribution in [-0.2, 0) is 6.54 Å². The molecule has 2 aromatic carbocycles. The molecule has 21 heavy (non-hydrogen) atoms. The fourth-order valence-corrected chi connectivity index (χ4v) is 2.62. The zero-order chi connectivity index (χ0) is 15.4. The quantitative estimate of drug-likeness (QED) is 0.798. The van der Waals surface area contributed by atoms with Gasteiger partial charge in [-0.3, -0.25) is 0 Å². The minimum Gasteiger partial charge on any atom is -0.358 e. The van der Waals surface area contributed by atoms with E-state index in [0.29, 0.717) is 11.7 Å². The zero-order valence-electron chi connectivity index (χ0n) is 12.5. The van der Waals surface area contributed by atoms with Gasteiger partial charge < -0.3 is 10.6 Å². The summed E-state index contributed by atoms with van der Waals surface area (Å²) >= 11 is 11.4. The Morgan fingerprint density at radius 2 is 1.76 bits per heavy atom. The van der Waals surface area contributed by atoms with Crippen molar-refractivity contribution in [2.45, 2.75) is 27.3 Å². The summed E-state index contributed by atoms with van der Waals surface area (Å²) in [6.07, 6.45) is 0. The van der Waals surface area contributed by atoms with Crippen molar-refractivity contribution in [2.24, 2.45) is 0 Å². The third kappa shape index (κ3) is 4.45. The third-order valence-corrected chi connectivity index (χ3v) is 3.91. The average molecular weight is 319 g/mol. The van der Waals surface area contributed by atoms with E-state index in [4.69, 9.17) is 23.8 Å². The highest BCUT2D eigenvalue weighted by Gasteiger charge is 2.04. The lowest BCUT2D eigenvalue weighted by Gasteiger charge is -2.13. The largest absolute Gasteiger partial charge is 0.358 e. The first kappa shape index (κ1) is 15.8. The molecule has 0 saturated carbocycles. The van der Waals surface area contributed by atoms with Gasteiger partial charge in [0.2, 0.25) is 0 Å². The second-order valence-electron chi connectivity index (χ2n) is 5.22. The van der Waals surface area contributed by atoms with Crippen LogP contribution >= 0.6 is 23.8 Å². The lowest BCUT2D eigenvalue weighted by molar-refractivity contribution is 0.921. The van der Waals surface area contributed by atoms with Gasteiger partial charge in [-0.15, -0.1) is 0 Å². The molecule has 2 N–H and O–H groups in total. The molecule has 0 amide bonds. The normalized spacial score (nSPS) is 10.3. The van der Waals surface area contributed by atoms with Gasteiger partial charge in [0.1, 0.15) is 0 Å². The van der Waals surface area contributed by atoms with Gasteiger partial charge in [0.25, 0.3) is 0 Å². The van der Waals surface area contributed by atoms with E-state index in [2.05, 4.69) is 42.7 Å². The van der Waals surface area contributed by atoms with E-state index in [9.17, 15) is 0 Å². The maximum Gasteiger partial charge on any atom is 0.171 e. The number of anilines is 1. The van der Waals surface area contributed by atoms with Gasteiger partial charge >= 0.3 is 0 Å². The van der Waals surface area contributed by atoms with Crippen LogP contribution in [0, 0.1) is 20.8 Å². The Balaban J connectivity index is 1.97. The highest BCUT2D eigenvalue weighted by molar-refractivity contribution is 7.80. The highest BCUT2D eigenvalue weighted by atomic mass is 35.5. The lowest BCUT2D eigenvalue weighted by Crippen LogP contribution is -2.28. The Labute approximate surface area is 136 Å². The average Bonchev–Trinajstić information content (AvgIpc) is 2.41. The topological polar surface area (TPSA) is 24.1 Å². The van der Waals surface area contributed by atoms with Crippen molar-refractivity contribution in [3.63, 3.8) is 0 Å². The van der Waals surface area contributed by atoms with E-state index in [0.717, 1.165) is 16.3 Å². The van der Waals surface area contributed by atoms with Crippen LogP contribution in [0.2, 0.25) is 5.02 Å². The molecular formula is C17H19ClN2S. The number of rotatable bonds is 3. The SMILES string of the molecule is Cc1cc(C)cc(CNC(=S)Nc2cccc(Cl)c2C)c1. The zero-order valence-corrected chi connectivity index (χ0v) is 14.0. The molecule has 0 atom stereocenters. The first-order valence-corrected chi connectivity index (χ1v) is 7.61. The van der Waals surface area contributed by atoms with Crippen LogP contribution < -0.4 is 10.6 Å². The van der Waals surface area contributed by atoms with E-state index in [1.807, 2.05) is 25.1 Å². The monoisotopic (exact) mass is 318 g/mol. The molecule has 0 radical (unpaired) electrons. The minimum atomic E-state index is 0.597. The van der Waals surface area contributed by atoms with Gasteiger partial charge in [0.15, 0.2) is 5.11 Å². The highest BCUT2D eigenvalue weighted by Crippen LogP contribution is 2.22. The van der Waals surface area contributed by atoms with Gasteiger partial charge in [-0.05, 0) is 56.2 Å². The Morgan fingerprint density at radius 1 is 1.10 bits per heavy atom. The van der Waals surface area contributed by atoms with Gasteiger partial charge in [-0.1, -0.05) is 47.0 Å². The number of hydrogen-bond acceptors (Lipinski definition) is 1. The van der Waals surface area contributed by atoms with E-state index >= 15 is 0 Å². The molecule has 0 heterocycles. The van der Waals surface area contributed by atoms with Crippen LogP contribution in [0.5, 0.6) is 0 Å². The van der Waals surface area contributed by atoms with Crippen LogP contribution in [0.1, 0.15) is 22.3 Å². The summed E-state index contributed by atoms with van der Waals surface area (Å²) in [6, 6.07) is 12.2. The van der Waals surface area contributed by atoms with Crippen LogP contribution in [0.4, 0.5) is 5.69 Å². The molecule has 0 unspecified atom stereocenters. The summed E-state index contributed by atoms with van der Waals surface area (Å²) in [5.41, 5.74) is 5.67. The smallest absolute Gasteiger partial charge is 0.171 e. The second kappa shape index (κ2) is 6.92. The molecule has 2 aromatic rings. The molecule has 0 saturated heterocycles. The third-order valence-electron chi connectivity index (χ3n) is 3.25. The van der Waals surface area contributed by atoms with E-state index in [-0.39, 0.29) is 0 Å². The standard InChI is InChI=1S/C17H19ClN2S/c1-11-7-12(2)9-14(8-11)10-19-17(21)20-16-6-4-5-15(18)13(16)3/h4-9H,10H2,1-3H3,(H2,19,20,21). The number of hydrogen-bond donors (Lipinski definition) is 2. The van der Waals surface area contributed by atoms with Gasteiger partial charge in [0, 0.05) is 17.3 Å². The predicted octanol–water partition coefficient (Wildman–Crippen LogP) is 4.75. The maximum atomic E-state index is 6.10. The van der Waals surface area contributed by atoms with Crippen LogP contribution in [-0.4, -0.2) is 5.11 Å². The van der Waals surface area contributed by atoms with Crippen molar-refractivity contribution >= 4 is 34.6 Å². The number of halogens is 1. The van der Waals surface area contributed by atoms with Crippen molar-refractivity contribution in [1.29, 1.82) is 0 Å². The maximum absolute atomic E-state index is 6.10. The number of nitrogens with one attached hydrogen (secondary N) is 2. The summed E-state index contributed by atoms with van der Waals surface area (Å²) < 4.78 is 0. The molecule has 0 aromatic heterocycles. The van der Waals surface area contributed by atoms with Crippen molar-refractivity contribution in [2.75, 3.05) is 5.32 Å². The Bertz CT molecular complexity index is 648. The molecule has 0 spiro atoms. The molecule has 4 heteroatoms. The molecule has 0 aliphatic carbocycles. The predicted molar refractivity (Wildman–Crippen MR) is 95.2 cm³/mol. The fraction of sp³-hybridized carbons (Fsp3) is 0.235. The van der Waals surface area contributed by atoms with E-state index in [1.165, 1.54) is 16.7 Å². The summed E-state index contributed by atoms with van der Waals surface area (Å²) in [4.78, 5) is 0. The lowest BCUT2D eigenvalue weighted by atomic mass is 10.1. The van der Waals surface area contributed by atoms with Gasteiger partial charge in [-0.2, -0.15) is 0 Å². The summed E-state index contributed by atoms with van der Waals surface area (Å²) in [5, 5.41) is 7.74. The van der Waals surface area contributed by atoms with Gasteiger partial charge in [0.05, 0.1) is 0 Å². The van der Waals surface area contributed by atoms with Crippen LogP contribution in [0.3, 0.4) is 0 Å². The fourth-order valence-electron chi connectivity index (χ4n) is 2.26. The van der Waals surface area contributed by atoms with Crippen molar-refractivity contribution in [1.82, 2.24) is 5.32 Å². The van der Waals surface area contributed by atoms with E-state index in [1.54, 1.807) is 0 Å². The second-order valence-corrected chi connectivity index (χ2v) is 6.03. The number of thiocarbonyl (C=S) groups is 1. The van der Waals surface area contributed by atoms with Crippen molar-refractivity contribution in [3.05, 3.63) is 63.7 Å². The Kier molecular flexibility index (Phi) is 5.21. The van der Waals surface area contributed by atoms with E-state index < -0.39 is 0 Å². The van der Waals surface area contributed by atoms with Crippen LogP contribution in [0.15, 0.2) is 36.4 Å². The summed E-state index contributed by atoms with van der Waals surface area (Å²) in [6.45, 7) is 6.87. The number of benzene rings is 2. The number of aryl methyl sites for hydroxylation is 2. The van der Waals surface area contributed by atoms with Crippen molar-refractivity contribution < 1.29 is 0 Å². The molecule has 2 rings (SSSR count). The Morgan fingerprint density at radius 3 is 2.43 bits per heavy atom. The summed E-state index contributed by atoms with van der Waals surface area (Å²) in [7, 11) is 0. The molecular weight excluding hydrogens is 300 g/mol. The Hall–Kier alpha value is -1.58. The molecule has 110 valence electrons. The molecule has 2 nitrogen and oxygen atoms in total. The minimum absolute atomic E-state index is 0.597. The molecule has 0 aliphatic rings. The molecule has 0 fully saturated rings. The summed E-state index contributed by atoms with van der Waals surface area (Å²) in [5.74, 6) is 0. The first-order valence-electron chi connectivity index (χ1n) is 6.83. The van der Waals surface area contributed by atoms with Crippen LogP contribution in [0.25, 0.3) is 0 Å². The van der Waals surface area contributed by atoms with Gasteiger partial charge in [-0.25, -0.2) is 0 Å². The van der Waals surface area contributed by atoms with Crippen molar-refractivity contribution in [3.8, 4) is 0 Å².